The van der Waals surface area contributed by atoms with Gasteiger partial charge in [0.05, 0.1) is 18.2 Å². The van der Waals surface area contributed by atoms with Crippen molar-refractivity contribution < 1.29 is 4.74 Å². The SMILES string of the molecule is C=CCSc1nc2sc3c(c2c(=O)n1-c1cccc(OC)c1)CCCC3. The molecule has 4 rings (SSSR count). The standard InChI is InChI=1S/C20H20N2O2S2/c1-3-11-25-20-21-18-17(15-9-4-5-10-16(15)26-18)19(23)22(20)13-7-6-8-14(12-13)24-2/h3,6-8,12H,1,4-5,9-11H2,2H3. The Hall–Kier alpha value is -2.05. The van der Waals surface area contributed by atoms with Crippen LogP contribution in [0.5, 0.6) is 5.75 Å². The van der Waals surface area contributed by atoms with E-state index in [2.05, 4.69) is 6.58 Å². The van der Waals surface area contributed by atoms with Gasteiger partial charge in [-0.05, 0) is 43.4 Å². The first-order valence-corrected chi connectivity index (χ1v) is 10.5. The maximum atomic E-state index is 13.5. The molecule has 1 aliphatic rings. The number of benzene rings is 1. The van der Waals surface area contributed by atoms with Crippen LogP contribution >= 0.6 is 23.1 Å². The maximum Gasteiger partial charge on any atom is 0.267 e. The van der Waals surface area contributed by atoms with Crippen LogP contribution in [-0.2, 0) is 12.8 Å². The molecule has 0 fully saturated rings. The third-order valence-electron chi connectivity index (χ3n) is 4.60. The van der Waals surface area contributed by atoms with Gasteiger partial charge in [0.1, 0.15) is 10.6 Å². The Kier molecular flexibility index (Phi) is 4.87. The number of aryl methyl sites for hydroxylation is 2. The van der Waals surface area contributed by atoms with Gasteiger partial charge in [0.25, 0.3) is 5.56 Å². The minimum Gasteiger partial charge on any atom is -0.497 e. The Morgan fingerprint density at radius 1 is 1.38 bits per heavy atom. The first kappa shape index (κ1) is 17.4. The van der Waals surface area contributed by atoms with Crippen LogP contribution in [0.2, 0.25) is 0 Å². The predicted molar refractivity (Wildman–Crippen MR) is 109 cm³/mol. The molecular formula is C20H20N2O2S2. The van der Waals surface area contributed by atoms with Crippen molar-refractivity contribution in [2.45, 2.75) is 30.8 Å². The summed E-state index contributed by atoms with van der Waals surface area (Å²) in [5, 5.41) is 1.50. The van der Waals surface area contributed by atoms with Gasteiger partial charge in [0, 0.05) is 16.7 Å². The summed E-state index contributed by atoms with van der Waals surface area (Å²) in [7, 11) is 1.63. The normalized spacial score (nSPS) is 13.6. The van der Waals surface area contributed by atoms with E-state index in [1.54, 1.807) is 23.0 Å². The zero-order valence-electron chi connectivity index (χ0n) is 14.7. The van der Waals surface area contributed by atoms with Gasteiger partial charge in [-0.15, -0.1) is 17.9 Å². The molecule has 2 heterocycles. The Bertz CT molecular complexity index is 1040. The number of methoxy groups -OCH3 is 1. The highest BCUT2D eigenvalue weighted by Crippen LogP contribution is 2.35. The number of hydrogen-bond acceptors (Lipinski definition) is 5. The molecule has 6 heteroatoms. The van der Waals surface area contributed by atoms with Crippen molar-refractivity contribution in [2.75, 3.05) is 12.9 Å². The van der Waals surface area contributed by atoms with Crippen LogP contribution in [0.15, 0.2) is 46.9 Å². The highest BCUT2D eigenvalue weighted by atomic mass is 32.2. The van der Waals surface area contributed by atoms with Gasteiger partial charge in [-0.3, -0.25) is 9.36 Å². The van der Waals surface area contributed by atoms with Crippen molar-refractivity contribution in [1.29, 1.82) is 0 Å². The van der Waals surface area contributed by atoms with E-state index in [9.17, 15) is 4.79 Å². The van der Waals surface area contributed by atoms with Gasteiger partial charge >= 0.3 is 0 Å². The van der Waals surface area contributed by atoms with Crippen molar-refractivity contribution in [3.63, 3.8) is 0 Å². The molecule has 0 bridgehead atoms. The van der Waals surface area contributed by atoms with Crippen molar-refractivity contribution >= 4 is 33.3 Å². The lowest BCUT2D eigenvalue weighted by molar-refractivity contribution is 0.414. The van der Waals surface area contributed by atoms with Gasteiger partial charge in [-0.2, -0.15) is 0 Å². The summed E-state index contributed by atoms with van der Waals surface area (Å²) < 4.78 is 7.07. The van der Waals surface area contributed by atoms with Gasteiger partial charge in [-0.25, -0.2) is 4.98 Å². The molecule has 0 saturated carbocycles. The van der Waals surface area contributed by atoms with Crippen LogP contribution in [0.25, 0.3) is 15.9 Å². The molecule has 1 aliphatic carbocycles. The van der Waals surface area contributed by atoms with E-state index < -0.39 is 0 Å². The van der Waals surface area contributed by atoms with Crippen LogP contribution in [-0.4, -0.2) is 22.4 Å². The fourth-order valence-electron chi connectivity index (χ4n) is 3.39. The molecule has 0 saturated heterocycles. The minimum atomic E-state index is 0.0224. The molecule has 0 amide bonds. The fourth-order valence-corrected chi connectivity index (χ4v) is 5.44. The molecular weight excluding hydrogens is 364 g/mol. The van der Waals surface area contributed by atoms with E-state index in [1.807, 2.05) is 30.3 Å². The number of ether oxygens (including phenoxy) is 1. The van der Waals surface area contributed by atoms with Gasteiger partial charge in [0.15, 0.2) is 5.16 Å². The molecule has 0 unspecified atom stereocenters. The quantitative estimate of drug-likeness (QED) is 0.366. The van der Waals surface area contributed by atoms with Crippen molar-refractivity contribution in [2.24, 2.45) is 0 Å². The summed E-state index contributed by atoms with van der Waals surface area (Å²) in [6.07, 6.45) is 6.20. The van der Waals surface area contributed by atoms with Crippen LogP contribution in [0, 0.1) is 0 Å². The molecule has 0 aliphatic heterocycles. The Morgan fingerprint density at radius 2 is 2.23 bits per heavy atom. The number of thioether (sulfide) groups is 1. The molecule has 0 spiro atoms. The first-order valence-electron chi connectivity index (χ1n) is 8.68. The predicted octanol–water partition coefficient (Wildman–Crippen LogP) is 4.61. The topological polar surface area (TPSA) is 44.1 Å². The number of rotatable bonds is 5. The molecule has 0 radical (unpaired) electrons. The lowest BCUT2D eigenvalue weighted by Gasteiger charge is -2.14. The monoisotopic (exact) mass is 384 g/mol. The summed E-state index contributed by atoms with van der Waals surface area (Å²) in [6, 6.07) is 7.58. The van der Waals surface area contributed by atoms with Crippen LogP contribution < -0.4 is 10.3 Å². The molecule has 1 aromatic carbocycles. The van der Waals surface area contributed by atoms with E-state index in [0.29, 0.717) is 10.9 Å². The van der Waals surface area contributed by atoms with Crippen LogP contribution in [0.3, 0.4) is 0 Å². The van der Waals surface area contributed by atoms with Gasteiger partial charge in [-0.1, -0.05) is 23.9 Å². The highest BCUT2D eigenvalue weighted by molar-refractivity contribution is 7.99. The second-order valence-corrected chi connectivity index (χ2v) is 8.30. The molecule has 0 N–H and O–H groups in total. The van der Waals surface area contributed by atoms with E-state index in [1.165, 1.54) is 28.6 Å². The molecule has 4 nitrogen and oxygen atoms in total. The molecule has 134 valence electrons. The number of hydrogen-bond donors (Lipinski definition) is 0. The summed E-state index contributed by atoms with van der Waals surface area (Å²) in [6.45, 7) is 3.79. The van der Waals surface area contributed by atoms with Crippen molar-refractivity contribution in [3.8, 4) is 11.4 Å². The highest BCUT2D eigenvalue weighted by Gasteiger charge is 2.22. The van der Waals surface area contributed by atoms with Crippen molar-refractivity contribution in [1.82, 2.24) is 9.55 Å². The average molecular weight is 385 g/mol. The third kappa shape index (κ3) is 2.97. The second kappa shape index (κ2) is 7.29. The molecule has 3 aromatic rings. The first-order chi connectivity index (χ1) is 12.7. The maximum absolute atomic E-state index is 13.5. The Morgan fingerprint density at radius 3 is 3.04 bits per heavy atom. The third-order valence-corrected chi connectivity index (χ3v) is 6.72. The van der Waals surface area contributed by atoms with Crippen molar-refractivity contribution in [3.05, 3.63) is 57.7 Å². The summed E-state index contributed by atoms with van der Waals surface area (Å²) in [5.41, 5.74) is 2.02. The van der Waals surface area contributed by atoms with E-state index in [0.717, 1.165) is 40.9 Å². The zero-order valence-corrected chi connectivity index (χ0v) is 16.3. The van der Waals surface area contributed by atoms with Crippen LogP contribution in [0.4, 0.5) is 0 Å². The molecule has 26 heavy (non-hydrogen) atoms. The summed E-state index contributed by atoms with van der Waals surface area (Å²) in [4.78, 5) is 20.6. The Labute approximate surface area is 160 Å². The number of nitrogens with zero attached hydrogens (tertiary/aromatic N) is 2. The van der Waals surface area contributed by atoms with Crippen LogP contribution in [0.1, 0.15) is 23.3 Å². The van der Waals surface area contributed by atoms with Gasteiger partial charge < -0.3 is 4.74 Å². The summed E-state index contributed by atoms with van der Waals surface area (Å²) >= 11 is 3.21. The lowest BCUT2D eigenvalue weighted by Crippen LogP contribution is -2.22. The zero-order chi connectivity index (χ0) is 18.1. The lowest BCUT2D eigenvalue weighted by atomic mass is 9.97. The Balaban J connectivity index is 2.00. The minimum absolute atomic E-state index is 0.0224. The number of fused-ring (bicyclic) bond motifs is 3. The number of thiophene rings is 1. The fraction of sp³-hybridized carbons (Fsp3) is 0.300. The molecule has 0 atom stereocenters. The second-order valence-electron chi connectivity index (χ2n) is 6.23. The largest absolute Gasteiger partial charge is 0.497 e. The van der Waals surface area contributed by atoms with E-state index >= 15 is 0 Å². The van der Waals surface area contributed by atoms with Gasteiger partial charge in [0.2, 0.25) is 0 Å². The van der Waals surface area contributed by atoms with E-state index in [4.69, 9.17) is 9.72 Å². The summed E-state index contributed by atoms with van der Waals surface area (Å²) in [5.74, 6) is 1.43. The molecule has 2 aromatic heterocycles. The van der Waals surface area contributed by atoms with E-state index in [-0.39, 0.29) is 5.56 Å². The smallest absolute Gasteiger partial charge is 0.267 e. The number of aromatic nitrogens is 2. The average Bonchev–Trinajstić information content (AvgIpc) is 3.05.